The van der Waals surface area contributed by atoms with Gasteiger partial charge in [0.1, 0.15) is 0 Å². The fourth-order valence-electron chi connectivity index (χ4n) is 2.55. The van der Waals surface area contributed by atoms with Gasteiger partial charge in [-0.2, -0.15) is 0 Å². The number of carbonyl (C=O) groups excluding carboxylic acids is 1. The van der Waals surface area contributed by atoms with Crippen molar-refractivity contribution in [1.82, 2.24) is 9.80 Å². The molecule has 0 bridgehead atoms. The summed E-state index contributed by atoms with van der Waals surface area (Å²) in [6, 6.07) is 8.22. The Bertz CT molecular complexity index is 429. The normalized spacial score (nSPS) is 15.3. The molecule has 4 nitrogen and oxygen atoms in total. The Morgan fingerprint density at radius 3 is 2.14 bits per heavy atom. The molecule has 2 rings (SSSR count). The minimum Gasteiger partial charge on any atom is -0.339 e. The average molecular weight is 334 g/mol. The molecule has 1 heterocycles. The van der Waals surface area contributed by atoms with Crippen molar-refractivity contribution in [2.24, 2.45) is 5.73 Å². The van der Waals surface area contributed by atoms with Crippen LogP contribution >= 0.6 is 24.8 Å². The van der Waals surface area contributed by atoms with Crippen LogP contribution in [0, 0.1) is 0 Å². The lowest BCUT2D eigenvalue weighted by Gasteiger charge is -2.35. The summed E-state index contributed by atoms with van der Waals surface area (Å²) in [4.78, 5) is 16.6. The van der Waals surface area contributed by atoms with Gasteiger partial charge in [0.05, 0.1) is 0 Å². The number of piperidine rings is 1. The van der Waals surface area contributed by atoms with Crippen molar-refractivity contribution in [2.45, 2.75) is 25.4 Å². The fraction of sp³-hybridized carbons (Fsp3) is 0.533. The number of likely N-dealkylation sites (tertiary alicyclic amines) is 1. The monoisotopic (exact) mass is 333 g/mol. The van der Waals surface area contributed by atoms with E-state index in [1.54, 1.807) is 0 Å². The molecular weight excluding hydrogens is 309 g/mol. The highest BCUT2D eigenvalue weighted by Gasteiger charge is 2.24. The summed E-state index contributed by atoms with van der Waals surface area (Å²) >= 11 is 0. The maximum absolute atomic E-state index is 12.4. The molecule has 0 spiro atoms. The Morgan fingerprint density at radius 2 is 1.71 bits per heavy atom. The molecule has 0 atom stereocenters. The second kappa shape index (κ2) is 9.26. The van der Waals surface area contributed by atoms with Gasteiger partial charge in [-0.15, -0.1) is 24.8 Å². The van der Waals surface area contributed by atoms with Gasteiger partial charge >= 0.3 is 0 Å². The molecule has 21 heavy (non-hydrogen) atoms. The SMILES string of the molecule is CN(C)C1CCN(C(=O)c2ccc(CN)cc2)CC1.Cl.Cl. The number of hydrogen-bond donors (Lipinski definition) is 1. The van der Waals surface area contributed by atoms with Gasteiger partial charge in [0.2, 0.25) is 0 Å². The number of nitrogens with zero attached hydrogens (tertiary/aromatic N) is 2. The molecule has 1 amide bonds. The Balaban J connectivity index is 0.00000200. The van der Waals surface area contributed by atoms with Crippen molar-refractivity contribution in [2.75, 3.05) is 27.2 Å². The van der Waals surface area contributed by atoms with Crippen LogP contribution in [0.15, 0.2) is 24.3 Å². The first-order chi connectivity index (χ1) is 9.11. The van der Waals surface area contributed by atoms with Crippen LogP contribution < -0.4 is 5.73 Å². The Labute approximate surface area is 139 Å². The summed E-state index contributed by atoms with van der Waals surface area (Å²) in [6.45, 7) is 2.21. The minimum absolute atomic E-state index is 0. The molecule has 0 radical (unpaired) electrons. The smallest absolute Gasteiger partial charge is 0.253 e. The molecule has 0 aromatic heterocycles. The number of amides is 1. The van der Waals surface area contributed by atoms with Gasteiger partial charge in [0, 0.05) is 31.2 Å². The van der Waals surface area contributed by atoms with Crippen molar-refractivity contribution in [3.05, 3.63) is 35.4 Å². The molecule has 6 heteroatoms. The highest BCUT2D eigenvalue weighted by molar-refractivity contribution is 5.94. The highest BCUT2D eigenvalue weighted by atomic mass is 35.5. The first-order valence-corrected chi connectivity index (χ1v) is 6.86. The number of benzene rings is 1. The topological polar surface area (TPSA) is 49.6 Å². The summed E-state index contributed by atoms with van der Waals surface area (Å²) < 4.78 is 0. The second-order valence-electron chi connectivity index (χ2n) is 5.39. The molecule has 0 saturated carbocycles. The van der Waals surface area contributed by atoms with E-state index in [-0.39, 0.29) is 30.7 Å². The van der Waals surface area contributed by atoms with Crippen LogP contribution in [0.5, 0.6) is 0 Å². The highest BCUT2D eigenvalue weighted by Crippen LogP contribution is 2.17. The molecule has 1 aliphatic rings. The van der Waals surface area contributed by atoms with Gasteiger partial charge in [0.15, 0.2) is 0 Å². The quantitative estimate of drug-likeness (QED) is 0.922. The third kappa shape index (κ3) is 5.15. The predicted molar refractivity (Wildman–Crippen MR) is 91.4 cm³/mol. The zero-order valence-corrected chi connectivity index (χ0v) is 14.3. The lowest BCUT2D eigenvalue weighted by atomic mass is 10.0. The molecule has 2 N–H and O–H groups in total. The van der Waals surface area contributed by atoms with Crippen molar-refractivity contribution in [3.8, 4) is 0 Å². The second-order valence-corrected chi connectivity index (χ2v) is 5.39. The Kier molecular flexibility index (Phi) is 8.90. The molecule has 1 aromatic carbocycles. The van der Waals surface area contributed by atoms with E-state index >= 15 is 0 Å². The number of nitrogens with two attached hydrogens (primary N) is 1. The van der Waals surface area contributed by atoms with E-state index < -0.39 is 0 Å². The van der Waals surface area contributed by atoms with Crippen LogP contribution in [0.3, 0.4) is 0 Å². The zero-order chi connectivity index (χ0) is 13.8. The van der Waals surface area contributed by atoms with E-state index in [1.165, 1.54) is 0 Å². The molecule has 1 aromatic rings. The van der Waals surface area contributed by atoms with E-state index in [0.29, 0.717) is 12.6 Å². The number of carbonyl (C=O) groups is 1. The van der Waals surface area contributed by atoms with Gasteiger partial charge in [-0.25, -0.2) is 0 Å². The van der Waals surface area contributed by atoms with Crippen molar-refractivity contribution in [1.29, 1.82) is 0 Å². The molecule has 1 fully saturated rings. The van der Waals surface area contributed by atoms with Gasteiger partial charge in [-0.1, -0.05) is 12.1 Å². The first-order valence-electron chi connectivity index (χ1n) is 6.86. The maximum atomic E-state index is 12.4. The summed E-state index contributed by atoms with van der Waals surface area (Å²) in [5.74, 6) is 0.140. The first kappa shape index (κ1) is 20.2. The lowest BCUT2D eigenvalue weighted by molar-refractivity contribution is 0.0663. The van der Waals surface area contributed by atoms with Crippen LogP contribution in [-0.2, 0) is 6.54 Å². The third-order valence-corrected chi connectivity index (χ3v) is 3.92. The number of rotatable bonds is 3. The molecular formula is C15H25Cl2N3O. The average Bonchev–Trinajstić information content (AvgIpc) is 2.46. The number of hydrogen-bond acceptors (Lipinski definition) is 3. The molecule has 120 valence electrons. The van der Waals surface area contributed by atoms with E-state index in [0.717, 1.165) is 37.1 Å². The van der Waals surface area contributed by atoms with Gasteiger partial charge in [-0.05, 0) is 44.6 Å². The Hall–Kier alpha value is -0.810. The zero-order valence-electron chi connectivity index (χ0n) is 12.6. The third-order valence-electron chi connectivity index (χ3n) is 3.92. The molecule has 1 saturated heterocycles. The lowest BCUT2D eigenvalue weighted by Crippen LogP contribution is -2.44. The van der Waals surface area contributed by atoms with Crippen molar-refractivity contribution < 1.29 is 4.79 Å². The van der Waals surface area contributed by atoms with Crippen molar-refractivity contribution >= 4 is 30.7 Å². The summed E-state index contributed by atoms with van der Waals surface area (Å²) in [5, 5.41) is 0. The summed E-state index contributed by atoms with van der Waals surface area (Å²) in [6.07, 6.45) is 2.11. The Morgan fingerprint density at radius 1 is 1.19 bits per heavy atom. The van der Waals surface area contributed by atoms with E-state index in [9.17, 15) is 4.79 Å². The summed E-state index contributed by atoms with van der Waals surface area (Å²) in [5.41, 5.74) is 7.38. The van der Waals surface area contributed by atoms with E-state index in [4.69, 9.17) is 5.73 Å². The van der Waals surface area contributed by atoms with Crippen LogP contribution in [0.25, 0.3) is 0 Å². The number of halogens is 2. The van der Waals surface area contributed by atoms with Crippen LogP contribution in [0.4, 0.5) is 0 Å². The van der Waals surface area contributed by atoms with Crippen LogP contribution in [0.1, 0.15) is 28.8 Å². The van der Waals surface area contributed by atoms with Crippen LogP contribution in [0.2, 0.25) is 0 Å². The van der Waals surface area contributed by atoms with Gasteiger partial charge < -0.3 is 15.5 Å². The van der Waals surface area contributed by atoms with E-state index in [1.807, 2.05) is 29.2 Å². The molecule has 0 unspecified atom stereocenters. The fourth-order valence-corrected chi connectivity index (χ4v) is 2.55. The van der Waals surface area contributed by atoms with Crippen molar-refractivity contribution in [3.63, 3.8) is 0 Å². The molecule has 0 aliphatic carbocycles. The largest absolute Gasteiger partial charge is 0.339 e. The van der Waals surface area contributed by atoms with Crippen LogP contribution in [-0.4, -0.2) is 48.9 Å². The summed E-state index contributed by atoms with van der Waals surface area (Å²) in [7, 11) is 4.21. The van der Waals surface area contributed by atoms with E-state index in [2.05, 4.69) is 19.0 Å². The van der Waals surface area contributed by atoms with Gasteiger partial charge in [-0.3, -0.25) is 4.79 Å². The maximum Gasteiger partial charge on any atom is 0.253 e. The van der Waals surface area contributed by atoms with Gasteiger partial charge in [0.25, 0.3) is 5.91 Å². The minimum atomic E-state index is 0. The molecule has 1 aliphatic heterocycles. The predicted octanol–water partition coefficient (Wildman–Crippen LogP) is 2.16. The standard InChI is InChI=1S/C15H23N3O.2ClH/c1-17(2)14-7-9-18(10-8-14)15(19)13-5-3-12(11-16)4-6-13;;/h3-6,14H,7-11,16H2,1-2H3;2*1H.